The van der Waals surface area contributed by atoms with E-state index in [1.165, 1.54) is 7.11 Å². The predicted octanol–water partition coefficient (Wildman–Crippen LogP) is 3.06. The van der Waals surface area contributed by atoms with Gasteiger partial charge in [0.1, 0.15) is 28.4 Å². The van der Waals surface area contributed by atoms with E-state index >= 15 is 4.39 Å². The second kappa shape index (κ2) is 7.51. The Hall–Kier alpha value is -3.53. The van der Waals surface area contributed by atoms with Crippen LogP contribution in [0.2, 0.25) is 0 Å². The number of ether oxygens (including phenoxy) is 1. The van der Waals surface area contributed by atoms with E-state index in [0.29, 0.717) is 25.7 Å². The lowest BCUT2D eigenvalue weighted by atomic mass is 10.1. The third kappa shape index (κ3) is 3.41. The molecule has 7 nitrogen and oxygen atoms in total. The quantitative estimate of drug-likeness (QED) is 0.624. The number of anilines is 1. The lowest BCUT2D eigenvalue weighted by Gasteiger charge is -2.36. The Labute approximate surface area is 186 Å². The number of hydrogen-bond donors (Lipinski definition) is 2. The first-order valence-corrected chi connectivity index (χ1v) is 10.4. The molecular formula is C23H20F3N3O4. The summed E-state index contributed by atoms with van der Waals surface area (Å²) in [7, 11) is 1.30. The highest BCUT2D eigenvalue weighted by Gasteiger charge is 2.46. The minimum Gasteiger partial charge on any atom is -0.492 e. The number of benzene rings is 2. The largest absolute Gasteiger partial charge is 0.492 e. The van der Waals surface area contributed by atoms with Crippen molar-refractivity contribution in [3.05, 3.63) is 63.7 Å². The zero-order chi connectivity index (χ0) is 23.5. The van der Waals surface area contributed by atoms with Gasteiger partial charge in [0, 0.05) is 37.4 Å². The standard InChI is InChI=1S/C23H20F3N3O4/c1-33-21-18-13(9-16(26)19(21)28-7-6-27-23(11-28)4-5-23)20(30)14(22(31)32)10-29(18)17-3-2-12(24)8-15(17)25/h2-3,8-10,27H,4-7,11H2,1H3,(H,31,32). The minimum atomic E-state index is -1.56. The van der Waals surface area contributed by atoms with Gasteiger partial charge in [-0.2, -0.15) is 0 Å². The molecule has 5 rings (SSSR count). The van der Waals surface area contributed by atoms with Crippen molar-refractivity contribution in [1.82, 2.24) is 9.88 Å². The molecule has 1 aliphatic heterocycles. The Kier molecular flexibility index (Phi) is 4.86. The number of piperazine rings is 1. The van der Waals surface area contributed by atoms with Crippen LogP contribution in [0.3, 0.4) is 0 Å². The van der Waals surface area contributed by atoms with Crippen molar-refractivity contribution < 1.29 is 27.8 Å². The highest BCUT2D eigenvalue weighted by Crippen LogP contribution is 2.44. The van der Waals surface area contributed by atoms with E-state index in [2.05, 4.69) is 5.32 Å². The first-order valence-electron chi connectivity index (χ1n) is 10.4. The monoisotopic (exact) mass is 459 g/mol. The average Bonchev–Trinajstić information content (AvgIpc) is 3.51. The lowest BCUT2D eigenvalue weighted by Crippen LogP contribution is -2.52. The number of halogens is 3. The van der Waals surface area contributed by atoms with Gasteiger partial charge in [0.2, 0.25) is 5.43 Å². The van der Waals surface area contributed by atoms with Gasteiger partial charge in [0.05, 0.1) is 18.2 Å². The lowest BCUT2D eigenvalue weighted by molar-refractivity contribution is 0.0695. The number of carbonyl (C=O) groups is 1. The van der Waals surface area contributed by atoms with Gasteiger partial charge >= 0.3 is 5.97 Å². The van der Waals surface area contributed by atoms with Crippen LogP contribution in [-0.2, 0) is 0 Å². The van der Waals surface area contributed by atoms with Crippen molar-refractivity contribution in [3.8, 4) is 11.4 Å². The molecule has 0 unspecified atom stereocenters. The van der Waals surface area contributed by atoms with Crippen LogP contribution in [0.4, 0.5) is 18.9 Å². The van der Waals surface area contributed by atoms with Crippen LogP contribution < -0.4 is 20.4 Å². The minimum absolute atomic E-state index is 0.00205. The van der Waals surface area contributed by atoms with Gasteiger partial charge in [-0.15, -0.1) is 0 Å². The summed E-state index contributed by atoms with van der Waals surface area (Å²) < 4.78 is 50.4. The van der Waals surface area contributed by atoms with Crippen molar-refractivity contribution in [3.63, 3.8) is 0 Å². The Morgan fingerprint density at radius 2 is 1.94 bits per heavy atom. The molecule has 0 atom stereocenters. The molecule has 1 saturated carbocycles. The molecule has 0 radical (unpaired) electrons. The number of pyridine rings is 1. The number of fused-ring (bicyclic) bond motifs is 1. The number of aromatic carboxylic acids is 1. The number of methoxy groups -OCH3 is 1. The summed E-state index contributed by atoms with van der Waals surface area (Å²) >= 11 is 0. The maximum Gasteiger partial charge on any atom is 0.341 e. The second-order valence-corrected chi connectivity index (χ2v) is 8.41. The molecule has 2 N–H and O–H groups in total. The van der Waals surface area contributed by atoms with Crippen LogP contribution in [0.25, 0.3) is 16.6 Å². The number of nitrogens with one attached hydrogen (secondary N) is 1. The SMILES string of the molecule is COc1c(N2CCNC3(CC3)C2)c(F)cc2c(=O)c(C(=O)O)cn(-c3ccc(F)cc3F)c12. The molecule has 0 bridgehead atoms. The Balaban J connectivity index is 1.85. The fraction of sp³-hybridized carbons (Fsp3) is 0.304. The Morgan fingerprint density at radius 3 is 2.58 bits per heavy atom. The van der Waals surface area contributed by atoms with E-state index in [1.807, 2.05) is 4.90 Å². The molecule has 2 aromatic carbocycles. The van der Waals surface area contributed by atoms with Crippen LogP contribution in [-0.4, -0.2) is 47.9 Å². The summed E-state index contributed by atoms with van der Waals surface area (Å²) in [5, 5.41) is 12.7. The van der Waals surface area contributed by atoms with Gasteiger partial charge in [-0.25, -0.2) is 18.0 Å². The Bertz CT molecular complexity index is 1370. The van der Waals surface area contributed by atoms with Gasteiger partial charge in [-0.1, -0.05) is 0 Å². The molecule has 3 aromatic rings. The fourth-order valence-electron chi connectivity index (χ4n) is 4.56. The third-order valence-corrected chi connectivity index (χ3v) is 6.32. The van der Waals surface area contributed by atoms with E-state index in [0.717, 1.165) is 41.8 Å². The molecule has 2 fully saturated rings. The molecule has 1 spiro atoms. The van der Waals surface area contributed by atoms with Crippen molar-refractivity contribution in [1.29, 1.82) is 0 Å². The molecule has 1 aromatic heterocycles. The summed E-state index contributed by atoms with van der Waals surface area (Å²) in [5.41, 5.74) is -1.81. The highest BCUT2D eigenvalue weighted by atomic mass is 19.1. The molecule has 10 heteroatoms. The molecule has 2 aliphatic rings. The topological polar surface area (TPSA) is 83.8 Å². The molecule has 172 valence electrons. The third-order valence-electron chi connectivity index (χ3n) is 6.32. The molecular weight excluding hydrogens is 439 g/mol. The number of nitrogens with zero attached hydrogens (tertiary/aromatic N) is 2. The second-order valence-electron chi connectivity index (χ2n) is 8.41. The fourth-order valence-corrected chi connectivity index (χ4v) is 4.56. The number of aromatic nitrogens is 1. The van der Waals surface area contributed by atoms with E-state index in [1.54, 1.807) is 0 Å². The Morgan fingerprint density at radius 1 is 1.18 bits per heavy atom. The molecule has 33 heavy (non-hydrogen) atoms. The summed E-state index contributed by atoms with van der Waals surface area (Å²) in [6.45, 7) is 1.62. The van der Waals surface area contributed by atoms with Gasteiger partial charge in [-0.3, -0.25) is 4.79 Å². The van der Waals surface area contributed by atoms with Crippen molar-refractivity contribution in [2.75, 3.05) is 31.6 Å². The van der Waals surface area contributed by atoms with Gasteiger partial charge in [0.15, 0.2) is 11.6 Å². The maximum atomic E-state index is 15.4. The number of carboxylic acids is 1. The number of rotatable bonds is 4. The van der Waals surface area contributed by atoms with Gasteiger partial charge in [-0.05, 0) is 31.0 Å². The average molecular weight is 459 g/mol. The zero-order valence-corrected chi connectivity index (χ0v) is 17.6. The first-order chi connectivity index (χ1) is 15.7. The van der Waals surface area contributed by atoms with E-state index in [9.17, 15) is 23.5 Å². The summed E-state index contributed by atoms with van der Waals surface area (Å²) in [5.74, 6) is -4.14. The highest BCUT2D eigenvalue weighted by molar-refractivity contribution is 5.97. The first kappa shape index (κ1) is 21.3. The molecule has 1 saturated heterocycles. The van der Waals surface area contributed by atoms with E-state index in [-0.39, 0.29) is 33.6 Å². The van der Waals surface area contributed by atoms with E-state index in [4.69, 9.17) is 4.74 Å². The molecule has 0 amide bonds. The number of hydrogen-bond acceptors (Lipinski definition) is 5. The van der Waals surface area contributed by atoms with Crippen LogP contribution in [0.1, 0.15) is 23.2 Å². The smallest absolute Gasteiger partial charge is 0.341 e. The van der Waals surface area contributed by atoms with Crippen LogP contribution in [0.5, 0.6) is 5.75 Å². The maximum absolute atomic E-state index is 15.4. The van der Waals surface area contributed by atoms with Crippen LogP contribution in [0.15, 0.2) is 35.3 Å². The summed E-state index contributed by atoms with van der Waals surface area (Å²) in [6.07, 6.45) is 2.86. The van der Waals surface area contributed by atoms with E-state index < -0.39 is 34.4 Å². The van der Waals surface area contributed by atoms with Crippen molar-refractivity contribution in [2.24, 2.45) is 0 Å². The van der Waals surface area contributed by atoms with Crippen LogP contribution in [0, 0.1) is 17.5 Å². The number of carboxylic acid groups (broad SMARTS) is 1. The summed E-state index contributed by atoms with van der Waals surface area (Å²) in [4.78, 5) is 26.5. The van der Waals surface area contributed by atoms with Gasteiger partial charge in [0.25, 0.3) is 0 Å². The van der Waals surface area contributed by atoms with Gasteiger partial charge < -0.3 is 24.6 Å². The normalized spacial score (nSPS) is 16.9. The summed E-state index contributed by atoms with van der Waals surface area (Å²) in [6, 6.07) is 3.73. The van der Waals surface area contributed by atoms with Crippen molar-refractivity contribution >= 4 is 22.6 Å². The van der Waals surface area contributed by atoms with Crippen molar-refractivity contribution in [2.45, 2.75) is 18.4 Å². The zero-order valence-electron chi connectivity index (χ0n) is 17.6. The predicted molar refractivity (Wildman–Crippen MR) is 115 cm³/mol. The molecule has 1 aliphatic carbocycles. The molecule has 2 heterocycles. The van der Waals surface area contributed by atoms with Crippen LogP contribution >= 0.6 is 0 Å².